The van der Waals surface area contributed by atoms with Gasteiger partial charge in [-0.3, -0.25) is 0 Å². The van der Waals surface area contributed by atoms with E-state index < -0.39 is 0 Å². The molecule has 136 valence electrons. The summed E-state index contributed by atoms with van der Waals surface area (Å²) in [5.74, 6) is 0. The Morgan fingerprint density at radius 2 is 1.35 bits per heavy atom. The standard InChI is InChI=1S/C22H26BClO2/c1-6-19(23-25-21(2,3)22(4,5)26-23)20(16-10-8-7-9-11-16)17-12-14-18(24)15-13-17/h7-15H,6H2,1-5H3/b20-19-. The second-order valence-corrected chi connectivity index (χ2v) is 8.15. The van der Waals surface area contributed by atoms with E-state index in [9.17, 15) is 0 Å². The van der Waals surface area contributed by atoms with Gasteiger partial charge in [0, 0.05) is 5.02 Å². The Labute approximate surface area is 162 Å². The Morgan fingerprint density at radius 3 is 1.85 bits per heavy atom. The van der Waals surface area contributed by atoms with Crippen molar-refractivity contribution in [1.29, 1.82) is 0 Å². The maximum absolute atomic E-state index is 6.36. The lowest BCUT2D eigenvalue weighted by Gasteiger charge is -2.32. The molecule has 0 bridgehead atoms. The minimum absolute atomic E-state index is 0.361. The van der Waals surface area contributed by atoms with Crippen LogP contribution in [-0.2, 0) is 9.31 Å². The maximum atomic E-state index is 6.36. The Hall–Kier alpha value is -1.55. The molecule has 0 saturated carbocycles. The van der Waals surface area contributed by atoms with E-state index in [2.05, 4.69) is 71.0 Å². The third kappa shape index (κ3) is 3.62. The van der Waals surface area contributed by atoms with E-state index in [0.717, 1.165) is 33.6 Å². The summed E-state index contributed by atoms with van der Waals surface area (Å²) in [6, 6.07) is 18.4. The Balaban J connectivity index is 2.16. The fourth-order valence-corrected chi connectivity index (χ4v) is 3.33. The highest BCUT2D eigenvalue weighted by Crippen LogP contribution is 2.41. The quantitative estimate of drug-likeness (QED) is 0.600. The summed E-state index contributed by atoms with van der Waals surface area (Å²) in [6.45, 7) is 10.5. The summed E-state index contributed by atoms with van der Waals surface area (Å²) in [7, 11) is -0.365. The summed E-state index contributed by atoms with van der Waals surface area (Å²) in [5.41, 5.74) is 3.86. The van der Waals surface area contributed by atoms with E-state index in [1.165, 1.54) is 0 Å². The van der Waals surface area contributed by atoms with E-state index >= 15 is 0 Å². The van der Waals surface area contributed by atoms with E-state index in [-0.39, 0.29) is 18.3 Å². The van der Waals surface area contributed by atoms with Crippen LogP contribution in [0.4, 0.5) is 0 Å². The number of allylic oxidation sites excluding steroid dienone is 1. The molecule has 26 heavy (non-hydrogen) atoms. The third-order valence-electron chi connectivity index (χ3n) is 5.44. The fraction of sp³-hybridized carbons (Fsp3) is 0.364. The molecule has 1 fully saturated rings. The highest BCUT2D eigenvalue weighted by Gasteiger charge is 2.52. The molecule has 0 aliphatic carbocycles. The minimum Gasteiger partial charge on any atom is -0.400 e. The molecule has 0 atom stereocenters. The van der Waals surface area contributed by atoms with E-state index in [0.29, 0.717) is 0 Å². The predicted octanol–water partition coefficient (Wildman–Crippen LogP) is 6.18. The van der Waals surface area contributed by atoms with Gasteiger partial charge in [0.1, 0.15) is 0 Å². The zero-order chi connectivity index (χ0) is 18.9. The normalized spacial score (nSPS) is 19.4. The summed E-state index contributed by atoms with van der Waals surface area (Å²) in [4.78, 5) is 0. The number of rotatable bonds is 4. The van der Waals surface area contributed by atoms with Crippen LogP contribution in [0.25, 0.3) is 5.57 Å². The molecule has 1 heterocycles. The van der Waals surface area contributed by atoms with Crippen LogP contribution in [0.15, 0.2) is 60.1 Å². The van der Waals surface area contributed by atoms with Crippen LogP contribution < -0.4 is 0 Å². The van der Waals surface area contributed by atoms with Gasteiger partial charge in [0.05, 0.1) is 11.2 Å². The van der Waals surface area contributed by atoms with E-state index in [4.69, 9.17) is 20.9 Å². The topological polar surface area (TPSA) is 18.5 Å². The predicted molar refractivity (Wildman–Crippen MR) is 110 cm³/mol. The molecule has 0 amide bonds. The Bertz CT molecular complexity index is 779. The molecule has 2 nitrogen and oxygen atoms in total. The van der Waals surface area contributed by atoms with Gasteiger partial charge in [0.15, 0.2) is 0 Å². The van der Waals surface area contributed by atoms with E-state index in [1.807, 2.05) is 18.2 Å². The van der Waals surface area contributed by atoms with Crippen molar-refractivity contribution >= 4 is 24.3 Å². The van der Waals surface area contributed by atoms with Gasteiger partial charge in [0.25, 0.3) is 0 Å². The van der Waals surface area contributed by atoms with Crippen molar-refractivity contribution in [2.24, 2.45) is 0 Å². The van der Waals surface area contributed by atoms with Gasteiger partial charge in [-0.2, -0.15) is 0 Å². The van der Waals surface area contributed by atoms with Crippen molar-refractivity contribution in [3.05, 3.63) is 76.2 Å². The minimum atomic E-state index is -0.365. The van der Waals surface area contributed by atoms with Gasteiger partial charge >= 0.3 is 7.12 Å². The lowest BCUT2D eigenvalue weighted by molar-refractivity contribution is 0.00578. The second-order valence-electron chi connectivity index (χ2n) is 7.71. The Morgan fingerprint density at radius 1 is 0.846 bits per heavy atom. The first-order chi connectivity index (χ1) is 12.2. The van der Waals surface area contributed by atoms with Crippen molar-refractivity contribution in [2.75, 3.05) is 0 Å². The molecule has 0 spiro atoms. The van der Waals surface area contributed by atoms with Crippen molar-refractivity contribution in [1.82, 2.24) is 0 Å². The lowest BCUT2D eigenvalue weighted by atomic mass is 9.71. The highest BCUT2D eigenvalue weighted by molar-refractivity contribution is 6.56. The SMILES string of the molecule is CC/C(B1OC(C)(C)C(C)(C)O1)=C(\c1ccccc1)c1ccc(Cl)cc1. The first-order valence-electron chi connectivity index (χ1n) is 9.15. The van der Waals surface area contributed by atoms with Gasteiger partial charge in [-0.1, -0.05) is 61.0 Å². The Kier molecular flexibility index (Phi) is 5.34. The van der Waals surface area contributed by atoms with Crippen LogP contribution in [0, 0.1) is 0 Å². The number of benzene rings is 2. The van der Waals surface area contributed by atoms with Gasteiger partial charge in [-0.05, 0) is 68.4 Å². The molecule has 1 saturated heterocycles. The molecule has 1 aliphatic rings. The zero-order valence-corrected chi connectivity index (χ0v) is 16.9. The molecule has 1 aliphatic heterocycles. The molecule has 4 heteroatoms. The zero-order valence-electron chi connectivity index (χ0n) is 16.2. The summed E-state index contributed by atoms with van der Waals surface area (Å²) in [5, 5.41) is 0.731. The molecule has 0 N–H and O–H groups in total. The first kappa shape index (κ1) is 19.2. The number of halogens is 1. The van der Waals surface area contributed by atoms with Gasteiger partial charge in [-0.15, -0.1) is 0 Å². The van der Waals surface area contributed by atoms with Crippen LogP contribution in [-0.4, -0.2) is 18.3 Å². The molecule has 2 aromatic rings. The smallest absolute Gasteiger partial charge is 0.400 e. The van der Waals surface area contributed by atoms with E-state index in [1.54, 1.807) is 0 Å². The van der Waals surface area contributed by atoms with Crippen LogP contribution >= 0.6 is 11.6 Å². The fourth-order valence-electron chi connectivity index (χ4n) is 3.21. The van der Waals surface area contributed by atoms with Crippen molar-refractivity contribution < 1.29 is 9.31 Å². The van der Waals surface area contributed by atoms with Gasteiger partial charge < -0.3 is 9.31 Å². The largest absolute Gasteiger partial charge is 0.491 e. The first-order valence-corrected chi connectivity index (χ1v) is 9.53. The lowest BCUT2D eigenvalue weighted by Crippen LogP contribution is -2.41. The van der Waals surface area contributed by atoms with Gasteiger partial charge in [0.2, 0.25) is 0 Å². The average molecular weight is 369 g/mol. The average Bonchev–Trinajstić information content (AvgIpc) is 2.82. The molecule has 0 unspecified atom stereocenters. The molecular formula is C22H26BClO2. The van der Waals surface area contributed by atoms with Crippen molar-refractivity contribution in [3.8, 4) is 0 Å². The third-order valence-corrected chi connectivity index (χ3v) is 5.69. The molecule has 3 rings (SSSR count). The van der Waals surface area contributed by atoms with Crippen LogP contribution in [0.2, 0.25) is 5.02 Å². The molecule has 2 aromatic carbocycles. The van der Waals surface area contributed by atoms with Crippen LogP contribution in [0.5, 0.6) is 0 Å². The second kappa shape index (κ2) is 7.23. The van der Waals surface area contributed by atoms with Crippen LogP contribution in [0.3, 0.4) is 0 Å². The maximum Gasteiger partial charge on any atom is 0.491 e. The molecule has 0 radical (unpaired) electrons. The van der Waals surface area contributed by atoms with Crippen molar-refractivity contribution in [2.45, 2.75) is 52.2 Å². The number of hydrogen-bond donors (Lipinski definition) is 0. The van der Waals surface area contributed by atoms with Gasteiger partial charge in [-0.25, -0.2) is 0 Å². The monoisotopic (exact) mass is 368 g/mol. The number of hydrogen-bond acceptors (Lipinski definition) is 2. The molecule has 0 aromatic heterocycles. The summed E-state index contributed by atoms with van der Waals surface area (Å²) in [6.07, 6.45) is 0.837. The highest BCUT2D eigenvalue weighted by atomic mass is 35.5. The summed E-state index contributed by atoms with van der Waals surface area (Å²) >= 11 is 6.11. The summed E-state index contributed by atoms with van der Waals surface area (Å²) < 4.78 is 12.7. The molecular weight excluding hydrogens is 343 g/mol. The van der Waals surface area contributed by atoms with Crippen LogP contribution in [0.1, 0.15) is 52.2 Å². The van der Waals surface area contributed by atoms with Crippen molar-refractivity contribution in [3.63, 3.8) is 0 Å².